The van der Waals surface area contributed by atoms with Crippen molar-refractivity contribution in [1.29, 1.82) is 0 Å². The molecule has 0 radical (unpaired) electrons. The van der Waals surface area contributed by atoms with E-state index in [1.165, 1.54) is 24.3 Å². The molecule has 1 aliphatic rings. The second kappa shape index (κ2) is 8.32. The van der Waals surface area contributed by atoms with Gasteiger partial charge in [-0.2, -0.15) is 4.98 Å². The van der Waals surface area contributed by atoms with Crippen LogP contribution in [0.15, 0.2) is 53.1 Å². The van der Waals surface area contributed by atoms with E-state index in [0.29, 0.717) is 23.9 Å². The normalized spacial score (nSPS) is 16.3. The fraction of sp³-hybridized carbons (Fsp3) is 0.286. The Morgan fingerprint density at radius 1 is 1.17 bits per heavy atom. The molecule has 1 atom stereocenters. The molecule has 2 aromatic carbocycles. The van der Waals surface area contributed by atoms with Gasteiger partial charge < -0.3 is 14.7 Å². The molecule has 1 N–H and O–H groups in total. The molecule has 154 valence electrons. The third-order valence-corrected chi connectivity index (χ3v) is 5.13. The van der Waals surface area contributed by atoms with E-state index in [4.69, 9.17) is 4.52 Å². The number of hydrogen-bond acceptors (Lipinski definition) is 6. The third kappa shape index (κ3) is 4.14. The molecule has 9 heteroatoms. The number of urea groups is 1. The molecule has 4 rings (SSSR count). The number of aromatic nitrogens is 2. The van der Waals surface area contributed by atoms with Gasteiger partial charge in [-0.3, -0.25) is 10.1 Å². The Kier molecular flexibility index (Phi) is 5.42. The number of nitro benzene ring substituents is 1. The summed E-state index contributed by atoms with van der Waals surface area (Å²) in [6.07, 6.45) is 2.56. The van der Waals surface area contributed by atoms with Crippen LogP contribution in [0.2, 0.25) is 0 Å². The lowest BCUT2D eigenvalue weighted by Crippen LogP contribution is -2.41. The summed E-state index contributed by atoms with van der Waals surface area (Å²) in [7, 11) is 0. The second-order valence-electron chi connectivity index (χ2n) is 7.26. The molecule has 1 aromatic heterocycles. The molecule has 0 unspecified atom stereocenters. The van der Waals surface area contributed by atoms with Crippen molar-refractivity contribution in [3.63, 3.8) is 0 Å². The van der Waals surface area contributed by atoms with E-state index in [1.807, 2.05) is 31.2 Å². The lowest BCUT2D eigenvalue weighted by atomic mass is 10.0. The van der Waals surface area contributed by atoms with Gasteiger partial charge >= 0.3 is 6.03 Å². The van der Waals surface area contributed by atoms with Gasteiger partial charge in [-0.15, -0.1) is 0 Å². The van der Waals surface area contributed by atoms with Crippen molar-refractivity contribution in [2.45, 2.75) is 32.2 Å². The number of piperidine rings is 1. The largest absolute Gasteiger partial charge is 0.337 e. The fourth-order valence-electron chi connectivity index (χ4n) is 3.48. The van der Waals surface area contributed by atoms with Crippen molar-refractivity contribution in [3.8, 4) is 11.4 Å². The third-order valence-electron chi connectivity index (χ3n) is 5.13. The number of rotatable bonds is 4. The van der Waals surface area contributed by atoms with Crippen LogP contribution in [0.4, 0.5) is 16.2 Å². The summed E-state index contributed by atoms with van der Waals surface area (Å²) in [4.78, 5) is 29.4. The molecule has 9 nitrogen and oxygen atoms in total. The predicted molar refractivity (Wildman–Crippen MR) is 110 cm³/mol. The molecular weight excluding hydrogens is 386 g/mol. The summed E-state index contributed by atoms with van der Waals surface area (Å²) in [5, 5.41) is 17.7. The minimum atomic E-state index is -0.479. The number of carbonyl (C=O) groups excluding carboxylic acids is 1. The summed E-state index contributed by atoms with van der Waals surface area (Å²) >= 11 is 0. The van der Waals surface area contributed by atoms with E-state index in [0.717, 1.165) is 30.4 Å². The zero-order valence-electron chi connectivity index (χ0n) is 16.4. The minimum Gasteiger partial charge on any atom is -0.337 e. The van der Waals surface area contributed by atoms with Crippen molar-refractivity contribution < 1.29 is 14.2 Å². The van der Waals surface area contributed by atoms with Gasteiger partial charge in [0, 0.05) is 29.9 Å². The van der Waals surface area contributed by atoms with E-state index >= 15 is 0 Å². The number of hydrogen-bond donors (Lipinski definition) is 1. The number of amides is 2. The molecule has 2 amide bonds. The first kappa shape index (κ1) is 19.6. The number of benzene rings is 2. The highest BCUT2D eigenvalue weighted by Crippen LogP contribution is 2.32. The van der Waals surface area contributed by atoms with Gasteiger partial charge in [0.15, 0.2) is 0 Å². The van der Waals surface area contributed by atoms with E-state index in [1.54, 1.807) is 4.90 Å². The number of nitrogens with one attached hydrogen (secondary N) is 1. The maximum Gasteiger partial charge on any atom is 0.322 e. The molecule has 1 saturated heterocycles. The zero-order chi connectivity index (χ0) is 21.1. The molecular formula is C21H21N5O4. The lowest BCUT2D eigenvalue weighted by Gasteiger charge is -2.33. The quantitative estimate of drug-likeness (QED) is 0.495. The number of non-ortho nitro benzene ring substituents is 1. The van der Waals surface area contributed by atoms with Crippen molar-refractivity contribution in [2.75, 3.05) is 11.9 Å². The van der Waals surface area contributed by atoms with Crippen LogP contribution in [0.5, 0.6) is 0 Å². The molecule has 0 saturated carbocycles. The SMILES string of the molecule is Cc1ccc(-c2noc([C@@H]3CCCCN3C(=O)Nc3ccc([N+](=O)[O-])cc3)n2)cc1. The summed E-state index contributed by atoms with van der Waals surface area (Å²) in [5.74, 6) is 0.899. The Bertz CT molecular complexity index is 1050. The van der Waals surface area contributed by atoms with Gasteiger partial charge in [-0.05, 0) is 38.3 Å². The van der Waals surface area contributed by atoms with Crippen molar-refractivity contribution in [1.82, 2.24) is 15.0 Å². The van der Waals surface area contributed by atoms with Crippen molar-refractivity contribution in [3.05, 3.63) is 70.1 Å². The first-order valence-electron chi connectivity index (χ1n) is 9.74. The van der Waals surface area contributed by atoms with Gasteiger partial charge in [-0.1, -0.05) is 35.0 Å². The number of aryl methyl sites for hydroxylation is 1. The Labute approximate surface area is 172 Å². The Hall–Kier alpha value is -3.75. The van der Waals surface area contributed by atoms with Crippen LogP contribution in [0.1, 0.15) is 36.8 Å². The van der Waals surface area contributed by atoms with Gasteiger partial charge in [0.2, 0.25) is 11.7 Å². The number of likely N-dealkylation sites (tertiary alicyclic amines) is 1. The summed E-state index contributed by atoms with van der Waals surface area (Å²) in [6.45, 7) is 2.57. The van der Waals surface area contributed by atoms with E-state index in [2.05, 4.69) is 15.5 Å². The highest BCUT2D eigenvalue weighted by atomic mass is 16.6. The lowest BCUT2D eigenvalue weighted by molar-refractivity contribution is -0.384. The molecule has 1 aliphatic heterocycles. The monoisotopic (exact) mass is 407 g/mol. The zero-order valence-corrected chi connectivity index (χ0v) is 16.4. The van der Waals surface area contributed by atoms with Gasteiger partial charge in [-0.25, -0.2) is 4.79 Å². The van der Waals surface area contributed by atoms with Crippen LogP contribution >= 0.6 is 0 Å². The minimum absolute atomic E-state index is 0.0293. The smallest absolute Gasteiger partial charge is 0.322 e. The van der Waals surface area contributed by atoms with Crippen LogP contribution in [0.25, 0.3) is 11.4 Å². The fourth-order valence-corrected chi connectivity index (χ4v) is 3.48. The molecule has 3 aromatic rings. The van der Waals surface area contributed by atoms with Gasteiger partial charge in [0.25, 0.3) is 5.69 Å². The summed E-state index contributed by atoms with van der Waals surface area (Å²) < 4.78 is 5.50. The van der Waals surface area contributed by atoms with Crippen LogP contribution in [0.3, 0.4) is 0 Å². The first-order valence-corrected chi connectivity index (χ1v) is 9.74. The van der Waals surface area contributed by atoms with Crippen molar-refractivity contribution >= 4 is 17.4 Å². The maximum absolute atomic E-state index is 12.9. The van der Waals surface area contributed by atoms with Crippen LogP contribution in [0, 0.1) is 17.0 Å². The topological polar surface area (TPSA) is 114 Å². The van der Waals surface area contributed by atoms with Crippen molar-refractivity contribution in [2.24, 2.45) is 0 Å². The predicted octanol–water partition coefficient (Wildman–Crippen LogP) is 4.71. The Balaban J connectivity index is 1.50. The standard InChI is InChI=1S/C21H21N5O4/c1-14-5-7-15(8-6-14)19-23-20(30-24-19)18-4-2-3-13-25(18)21(27)22-16-9-11-17(12-10-16)26(28)29/h5-12,18H,2-4,13H2,1H3,(H,22,27)/t18-/m0/s1. The van der Waals surface area contributed by atoms with E-state index in [-0.39, 0.29) is 17.8 Å². The van der Waals surface area contributed by atoms with Crippen LogP contribution in [-0.2, 0) is 0 Å². The molecule has 30 heavy (non-hydrogen) atoms. The first-order chi connectivity index (χ1) is 14.5. The number of nitrogens with zero attached hydrogens (tertiary/aromatic N) is 4. The Morgan fingerprint density at radius 3 is 2.60 bits per heavy atom. The molecule has 2 heterocycles. The summed E-state index contributed by atoms with van der Waals surface area (Å²) in [6, 6.07) is 12.9. The molecule has 0 spiro atoms. The van der Waals surface area contributed by atoms with Gasteiger partial charge in [0.05, 0.1) is 4.92 Å². The van der Waals surface area contributed by atoms with Gasteiger partial charge in [0.1, 0.15) is 6.04 Å². The average Bonchev–Trinajstić information content (AvgIpc) is 3.25. The molecule has 0 aliphatic carbocycles. The number of anilines is 1. The summed E-state index contributed by atoms with van der Waals surface area (Å²) in [5.41, 5.74) is 2.45. The number of carbonyl (C=O) groups is 1. The Morgan fingerprint density at radius 2 is 1.90 bits per heavy atom. The molecule has 1 fully saturated rings. The van der Waals surface area contributed by atoms with Crippen LogP contribution in [-0.4, -0.2) is 32.5 Å². The van der Waals surface area contributed by atoms with E-state index in [9.17, 15) is 14.9 Å². The van der Waals surface area contributed by atoms with E-state index < -0.39 is 4.92 Å². The second-order valence-corrected chi connectivity index (χ2v) is 7.26. The average molecular weight is 407 g/mol. The maximum atomic E-state index is 12.9. The number of nitro groups is 1. The molecule has 0 bridgehead atoms. The van der Waals surface area contributed by atoms with Crippen LogP contribution < -0.4 is 5.32 Å². The highest BCUT2D eigenvalue weighted by Gasteiger charge is 2.32. The highest BCUT2D eigenvalue weighted by molar-refractivity contribution is 5.89.